The number of aromatic nitrogens is 4. The Hall–Kier alpha value is -3.40. The van der Waals surface area contributed by atoms with Crippen LogP contribution in [0.2, 0.25) is 0 Å². The zero-order valence-electron chi connectivity index (χ0n) is 18.7. The normalized spacial score (nSPS) is 27.3. The van der Waals surface area contributed by atoms with Gasteiger partial charge in [-0.3, -0.25) is 0 Å². The third-order valence-corrected chi connectivity index (χ3v) is 7.66. The van der Waals surface area contributed by atoms with Gasteiger partial charge in [0.25, 0.3) is 0 Å². The smallest absolute Gasteiger partial charge is 0.414 e. The first kappa shape index (κ1) is 22.1. The van der Waals surface area contributed by atoms with Gasteiger partial charge >= 0.3 is 12.3 Å². The van der Waals surface area contributed by atoms with Crippen LogP contribution in [0, 0.1) is 22.6 Å². The zero-order valence-corrected chi connectivity index (χ0v) is 18.7. The maximum atomic E-state index is 14.6. The molecule has 0 spiro atoms. The van der Waals surface area contributed by atoms with E-state index in [1.165, 1.54) is 17.0 Å². The molecule has 2 saturated heterocycles. The number of piperidine rings is 2. The summed E-state index contributed by atoms with van der Waals surface area (Å²) in [7, 11) is 2.01. The quantitative estimate of drug-likeness (QED) is 0.515. The topological polar surface area (TPSA) is 95.7 Å². The number of likely N-dealkylation sites (tertiary alicyclic amines) is 1. The molecule has 3 fully saturated rings. The number of nitrogens with zero attached hydrogens (tertiary/aromatic N) is 7. The molecule has 2 atom stereocenters. The molecular weight excluding hydrogens is 470 g/mol. The number of hydrogen-bond acceptors (Lipinski definition) is 8. The zero-order chi connectivity index (χ0) is 24.6. The number of fused-ring (bicyclic) bond motifs is 2. The van der Waals surface area contributed by atoms with E-state index in [1.807, 2.05) is 13.1 Å². The van der Waals surface area contributed by atoms with Gasteiger partial charge in [-0.25, -0.2) is 8.91 Å². The summed E-state index contributed by atoms with van der Waals surface area (Å²) >= 11 is 0. The molecule has 1 saturated carbocycles. The van der Waals surface area contributed by atoms with Gasteiger partial charge in [0.05, 0.1) is 17.3 Å². The lowest BCUT2D eigenvalue weighted by atomic mass is 9.95. The predicted octanol–water partition coefficient (Wildman–Crippen LogP) is 2.91. The summed E-state index contributed by atoms with van der Waals surface area (Å²) in [5, 5.41) is 21.0. The van der Waals surface area contributed by atoms with Gasteiger partial charge in [0.2, 0.25) is 5.89 Å². The van der Waals surface area contributed by atoms with Crippen molar-refractivity contribution in [2.24, 2.45) is 5.41 Å². The molecule has 0 bridgehead atoms. The minimum absolute atomic E-state index is 0.0466. The first-order valence-corrected chi connectivity index (χ1v) is 11.2. The highest BCUT2D eigenvalue weighted by Gasteiger charge is 2.86. The van der Waals surface area contributed by atoms with Crippen molar-refractivity contribution >= 4 is 11.2 Å². The van der Waals surface area contributed by atoms with Crippen molar-refractivity contribution < 1.29 is 26.7 Å². The highest BCUT2D eigenvalue weighted by atomic mass is 19.4. The molecule has 3 aromatic rings. The van der Waals surface area contributed by atoms with Crippen LogP contribution in [-0.4, -0.2) is 70.2 Å². The minimum Gasteiger partial charge on any atom is -0.446 e. The molecule has 13 heteroatoms. The average molecular weight is 491 g/mol. The van der Waals surface area contributed by atoms with E-state index in [4.69, 9.17) is 9.15 Å². The maximum absolute atomic E-state index is 14.6. The first-order chi connectivity index (χ1) is 16.7. The van der Waals surface area contributed by atoms with E-state index >= 15 is 0 Å². The minimum atomic E-state index is -4.55. The number of hydrogen-bond donors (Lipinski definition) is 0. The molecule has 1 aliphatic carbocycles. The van der Waals surface area contributed by atoms with E-state index < -0.39 is 29.4 Å². The third-order valence-electron chi connectivity index (χ3n) is 7.66. The second kappa shape index (κ2) is 7.30. The molecule has 0 aromatic carbocycles. The van der Waals surface area contributed by atoms with Gasteiger partial charge in [0, 0.05) is 26.2 Å². The van der Waals surface area contributed by atoms with Crippen LogP contribution >= 0.6 is 0 Å². The Kier molecular flexibility index (Phi) is 4.61. The van der Waals surface area contributed by atoms with Crippen LogP contribution in [0.3, 0.4) is 0 Å². The van der Waals surface area contributed by atoms with Crippen LogP contribution in [0.4, 0.5) is 23.2 Å². The summed E-state index contributed by atoms with van der Waals surface area (Å²) < 4.78 is 70.3. The molecule has 0 radical (unpaired) electrons. The van der Waals surface area contributed by atoms with E-state index in [9.17, 15) is 22.8 Å². The van der Waals surface area contributed by atoms with E-state index in [-0.39, 0.29) is 47.9 Å². The second-order valence-electron chi connectivity index (χ2n) is 9.66. The largest absolute Gasteiger partial charge is 0.446 e. The van der Waals surface area contributed by atoms with E-state index in [2.05, 4.69) is 20.2 Å². The van der Waals surface area contributed by atoms with Crippen LogP contribution in [0.5, 0.6) is 6.08 Å². The summed E-state index contributed by atoms with van der Waals surface area (Å²) in [5.41, 5.74) is -3.33. The van der Waals surface area contributed by atoms with Gasteiger partial charge in [-0.15, -0.1) is 5.10 Å². The average Bonchev–Trinajstić information content (AvgIpc) is 3.19. The number of anilines is 1. The fraction of sp³-hybridized carbons (Fsp3) is 0.545. The molecule has 2 aliphatic heterocycles. The number of pyridine rings is 1. The Balaban J connectivity index is 1.33. The molecule has 3 aliphatic rings. The first-order valence-electron chi connectivity index (χ1n) is 11.2. The fourth-order valence-corrected chi connectivity index (χ4v) is 5.66. The van der Waals surface area contributed by atoms with Gasteiger partial charge in [0.15, 0.2) is 5.82 Å². The van der Waals surface area contributed by atoms with Crippen LogP contribution in [0.15, 0.2) is 22.7 Å². The Bertz CT molecular complexity index is 1340. The molecular formula is C22H21F4N7O2. The van der Waals surface area contributed by atoms with Crippen molar-refractivity contribution in [3.05, 3.63) is 35.7 Å². The van der Waals surface area contributed by atoms with Crippen LogP contribution < -0.4 is 9.64 Å². The summed E-state index contributed by atoms with van der Waals surface area (Å²) in [4.78, 5) is 3.62. The van der Waals surface area contributed by atoms with Gasteiger partial charge < -0.3 is 19.0 Å². The molecule has 9 nitrogen and oxygen atoms in total. The molecule has 5 heterocycles. The SMILES string of the molecule is CN1CCC(Oc2nnc([C@]34CN(c5ccc(C#N)n6ncc(F)c56)C[C@@]3(C(F)(F)F)C4)o2)CC1. The summed E-state index contributed by atoms with van der Waals surface area (Å²) in [6, 6.07) is 4.76. The molecule has 0 N–H and O–H groups in total. The summed E-state index contributed by atoms with van der Waals surface area (Å²) in [6.45, 7) is 1.17. The molecule has 35 heavy (non-hydrogen) atoms. The summed E-state index contributed by atoms with van der Waals surface area (Å²) in [6.07, 6.45) is -2.57. The molecule has 6 rings (SSSR count). The molecule has 0 unspecified atom stereocenters. The van der Waals surface area contributed by atoms with Crippen LogP contribution in [0.25, 0.3) is 5.52 Å². The highest BCUT2D eigenvalue weighted by Crippen LogP contribution is 2.75. The third kappa shape index (κ3) is 3.12. The number of halogens is 4. The van der Waals surface area contributed by atoms with Crippen molar-refractivity contribution in [2.45, 2.75) is 37.0 Å². The maximum Gasteiger partial charge on any atom is 0.414 e. The fourth-order valence-electron chi connectivity index (χ4n) is 5.66. The number of rotatable bonds is 4. The van der Waals surface area contributed by atoms with Crippen molar-refractivity contribution in [3.8, 4) is 12.1 Å². The Morgan fingerprint density at radius 3 is 2.69 bits per heavy atom. The van der Waals surface area contributed by atoms with Gasteiger partial charge in [-0.2, -0.15) is 23.5 Å². The van der Waals surface area contributed by atoms with E-state index in [0.29, 0.717) is 0 Å². The highest BCUT2D eigenvalue weighted by molar-refractivity contribution is 5.76. The van der Waals surface area contributed by atoms with Crippen LogP contribution in [0.1, 0.15) is 30.8 Å². The Morgan fingerprint density at radius 1 is 1.20 bits per heavy atom. The predicted molar refractivity (Wildman–Crippen MR) is 112 cm³/mol. The van der Waals surface area contributed by atoms with Gasteiger partial charge in [0.1, 0.15) is 28.8 Å². The Morgan fingerprint density at radius 2 is 1.97 bits per heavy atom. The van der Waals surface area contributed by atoms with Crippen molar-refractivity contribution in [1.29, 1.82) is 5.26 Å². The van der Waals surface area contributed by atoms with E-state index in [1.54, 1.807) is 0 Å². The second-order valence-corrected chi connectivity index (χ2v) is 9.66. The van der Waals surface area contributed by atoms with Crippen LogP contribution in [-0.2, 0) is 5.41 Å². The lowest BCUT2D eigenvalue weighted by molar-refractivity contribution is -0.187. The van der Waals surface area contributed by atoms with Crippen molar-refractivity contribution in [1.82, 2.24) is 24.7 Å². The lowest BCUT2D eigenvalue weighted by Gasteiger charge is -2.27. The Labute approximate surface area is 196 Å². The standard InChI is InChI=1S/C22H21F4N7O2/c1-31-6-4-14(5-7-31)34-19-30-29-18(35-19)20-10-21(20,22(24,25)26)12-32(11-20)16-3-2-13(8-27)33-17(16)15(23)9-28-33/h2-3,9,14H,4-7,10-12H2,1H3/t20-,21-/m0/s1. The summed E-state index contributed by atoms with van der Waals surface area (Å²) in [5.74, 6) is -0.849. The van der Waals surface area contributed by atoms with Crippen molar-refractivity contribution in [3.63, 3.8) is 0 Å². The van der Waals surface area contributed by atoms with Crippen molar-refractivity contribution in [2.75, 3.05) is 38.1 Å². The van der Waals surface area contributed by atoms with E-state index in [0.717, 1.165) is 36.6 Å². The number of ether oxygens (including phenoxy) is 1. The van der Waals surface area contributed by atoms with Gasteiger partial charge in [-0.05, 0) is 38.4 Å². The molecule has 184 valence electrons. The lowest BCUT2D eigenvalue weighted by Crippen LogP contribution is -2.35. The molecule has 0 amide bonds. The van der Waals surface area contributed by atoms with Gasteiger partial charge in [-0.1, -0.05) is 5.10 Å². The monoisotopic (exact) mass is 491 g/mol. The number of alkyl halides is 3. The molecule has 3 aromatic heterocycles. The number of nitriles is 1.